The molecule has 0 bridgehead atoms. The van der Waals surface area contributed by atoms with Gasteiger partial charge >= 0.3 is 6.09 Å². The number of rotatable bonds is 18. The summed E-state index contributed by atoms with van der Waals surface area (Å²) in [6.45, 7) is 11.2. The average molecular weight is 864 g/mol. The Kier molecular flexibility index (Phi) is 13.4. The predicted octanol–water partition coefficient (Wildman–Crippen LogP) is 4.52. The highest BCUT2D eigenvalue weighted by atomic mass is 16.5. The molecule has 3 atom stereocenters. The van der Waals surface area contributed by atoms with Crippen LogP contribution in [0.15, 0.2) is 94.6 Å². The van der Waals surface area contributed by atoms with E-state index in [0.29, 0.717) is 19.5 Å². The van der Waals surface area contributed by atoms with Crippen LogP contribution in [-0.2, 0) is 20.4 Å². The summed E-state index contributed by atoms with van der Waals surface area (Å²) in [5.41, 5.74) is 18.2. The number of guanidine groups is 2. The second-order valence-electron chi connectivity index (χ2n) is 18.4. The van der Waals surface area contributed by atoms with Gasteiger partial charge in [0.1, 0.15) is 25.7 Å². The molecule has 15 heteroatoms. The third kappa shape index (κ3) is 8.95. The predicted molar refractivity (Wildman–Crippen MR) is 248 cm³/mol. The molecule has 9 N–H and O–H groups in total. The van der Waals surface area contributed by atoms with E-state index >= 15 is 0 Å². The number of carbonyl (C=O) groups is 2. The zero-order valence-electron chi connectivity index (χ0n) is 37.6. The van der Waals surface area contributed by atoms with Crippen molar-refractivity contribution in [3.63, 3.8) is 0 Å². The number of hydrogen-bond donors (Lipinski definition) is 7. The molecule has 0 radical (unpaired) electrons. The Morgan fingerprint density at radius 3 is 2.35 bits per heavy atom. The molecule has 2 aromatic carbocycles. The number of aliphatic imine (C=N–C) groups is 2. The van der Waals surface area contributed by atoms with Crippen molar-refractivity contribution in [1.82, 2.24) is 20.9 Å². The van der Waals surface area contributed by atoms with Gasteiger partial charge in [-0.1, -0.05) is 87.7 Å². The summed E-state index contributed by atoms with van der Waals surface area (Å²) in [5, 5.41) is 30.3. The quantitative estimate of drug-likeness (QED) is 0.0483. The van der Waals surface area contributed by atoms with E-state index in [0.717, 1.165) is 51.5 Å². The van der Waals surface area contributed by atoms with Crippen molar-refractivity contribution in [3.05, 3.63) is 95.7 Å². The number of fused-ring (bicyclic) bond motifs is 2. The summed E-state index contributed by atoms with van der Waals surface area (Å²) in [4.78, 5) is 37.9. The molecular weight excluding hydrogens is 797 g/mol. The van der Waals surface area contributed by atoms with Crippen molar-refractivity contribution in [2.45, 2.75) is 120 Å². The molecule has 7 rings (SSSR count). The van der Waals surface area contributed by atoms with E-state index in [2.05, 4.69) is 149 Å². The van der Waals surface area contributed by atoms with Gasteiger partial charge in [0.2, 0.25) is 17.4 Å². The van der Waals surface area contributed by atoms with Crippen LogP contribution in [0.4, 0.5) is 16.2 Å². The normalized spacial score (nSPS) is 24.3. The molecule has 338 valence electrons. The monoisotopic (exact) mass is 864 g/mol. The molecule has 2 amide bonds. The largest absolute Gasteiger partial charge is 0.447 e. The van der Waals surface area contributed by atoms with Crippen LogP contribution < -0.4 is 32.3 Å². The lowest BCUT2D eigenvalue weighted by atomic mass is 9.81. The number of hydrogen-bond acceptors (Lipinski definition) is 12. The van der Waals surface area contributed by atoms with Gasteiger partial charge in [-0.25, -0.2) is 14.8 Å². The lowest BCUT2D eigenvalue weighted by Gasteiger charge is -2.48. The van der Waals surface area contributed by atoms with E-state index < -0.39 is 29.6 Å². The Balaban J connectivity index is 0.770. The lowest BCUT2D eigenvalue weighted by molar-refractivity contribution is -0.401. The minimum absolute atomic E-state index is 0.0243. The number of nitrogens with one attached hydrogen (secondary N) is 3. The molecule has 1 saturated heterocycles. The fourth-order valence-corrected chi connectivity index (χ4v) is 10.2. The first-order chi connectivity index (χ1) is 30.1. The highest BCUT2D eigenvalue weighted by Crippen LogP contribution is 2.48. The van der Waals surface area contributed by atoms with Crippen molar-refractivity contribution in [1.29, 1.82) is 0 Å². The van der Waals surface area contributed by atoms with Gasteiger partial charge in [-0.05, 0) is 57.2 Å². The molecule has 5 aliphatic rings. The average Bonchev–Trinajstić information content (AvgIpc) is 3.88. The van der Waals surface area contributed by atoms with Crippen molar-refractivity contribution >= 4 is 41.0 Å². The standard InChI is InChI=1S/C48H66N10O5/c1-45(2)33-20-13-15-22-36(33)56(5)38(45)24-10-8-11-25-39-46(3,4)34-21-14-16-23-37(34)57(39)30-19-9-12-26-40(59)51-28-17-6-7-18-29-52-44(60)63-32-35-41-48(55-42(49)54-41)47(61,62)27-31-58(48)43(50)53-35/h8,10-11,13-16,20-25,35,41,61-62H,6-7,9,12,17-19,26-32H2,1-5H3,(H6-,49,50,51,52,53,54,55,59,60)/p+1/t35?,41-,48-/m0/s1. The molecule has 1 spiro atoms. The summed E-state index contributed by atoms with van der Waals surface area (Å²) >= 11 is 0. The van der Waals surface area contributed by atoms with Crippen molar-refractivity contribution < 1.29 is 29.1 Å². The van der Waals surface area contributed by atoms with Gasteiger partial charge in [0.05, 0.1) is 5.41 Å². The number of aliphatic hydroxyl groups is 2. The highest BCUT2D eigenvalue weighted by Gasteiger charge is 2.69. The fourth-order valence-electron chi connectivity index (χ4n) is 10.2. The molecule has 63 heavy (non-hydrogen) atoms. The maximum absolute atomic E-state index is 12.6. The number of benzene rings is 2. The number of amides is 2. The summed E-state index contributed by atoms with van der Waals surface area (Å²) in [6, 6.07) is 15.8. The van der Waals surface area contributed by atoms with Crippen LogP contribution in [0.2, 0.25) is 0 Å². The zero-order valence-corrected chi connectivity index (χ0v) is 37.6. The number of unbranched alkanes of at least 4 members (excludes halogenated alkanes) is 5. The Morgan fingerprint density at radius 1 is 0.889 bits per heavy atom. The zero-order chi connectivity index (χ0) is 45.0. The van der Waals surface area contributed by atoms with Crippen LogP contribution >= 0.6 is 0 Å². The first kappa shape index (κ1) is 45.4. The van der Waals surface area contributed by atoms with E-state index in [1.807, 2.05) is 0 Å². The molecule has 0 aliphatic carbocycles. The van der Waals surface area contributed by atoms with Gasteiger partial charge in [0.15, 0.2) is 23.3 Å². The SMILES string of the molecule is C[N+]1=C(C=CC=CC=C2N(CCCCCC(=O)NCCCCCCNC(=O)OCC3N=C(N)N4CCC(O)(O)[C@@]45NC(N)=N[C@@H]35)c3ccccc3C2(C)C)C(C)(C)c2ccccc21. The summed E-state index contributed by atoms with van der Waals surface area (Å²) < 4.78 is 7.71. The minimum atomic E-state index is -2.16. The van der Waals surface area contributed by atoms with Gasteiger partial charge in [-0.15, -0.1) is 0 Å². The van der Waals surface area contributed by atoms with Crippen LogP contribution in [0.3, 0.4) is 0 Å². The minimum Gasteiger partial charge on any atom is -0.447 e. The van der Waals surface area contributed by atoms with Crippen molar-refractivity contribution in [3.8, 4) is 0 Å². The van der Waals surface area contributed by atoms with E-state index in [4.69, 9.17) is 16.2 Å². The van der Waals surface area contributed by atoms with E-state index in [9.17, 15) is 19.8 Å². The summed E-state index contributed by atoms with van der Waals surface area (Å²) in [6.07, 6.45) is 17.1. The van der Waals surface area contributed by atoms with Gasteiger partial charge in [0, 0.05) is 73.5 Å². The van der Waals surface area contributed by atoms with Gasteiger partial charge in [-0.3, -0.25) is 4.79 Å². The first-order valence-corrected chi connectivity index (χ1v) is 22.6. The second-order valence-corrected chi connectivity index (χ2v) is 18.4. The van der Waals surface area contributed by atoms with Gasteiger partial charge in [0.25, 0.3) is 0 Å². The molecule has 0 saturated carbocycles. The Labute approximate surface area is 371 Å². The fraction of sp³-hybridized carbons (Fsp3) is 0.521. The molecule has 5 aliphatic heterocycles. The number of alkyl carbamates (subject to hydrolysis) is 1. The molecule has 1 unspecified atom stereocenters. The Morgan fingerprint density at radius 2 is 1.59 bits per heavy atom. The maximum atomic E-state index is 12.6. The number of nitrogens with zero attached hydrogens (tertiary/aromatic N) is 5. The number of anilines is 1. The summed E-state index contributed by atoms with van der Waals surface area (Å²) in [5.74, 6) is -1.94. The number of carbonyl (C=O) groups excluding carboxylic acids is 2. The van der Waals surface area contributed by atoms with Crippen molar-refractivity contribution in [2.24, 2.45) is 21.5 Å². The lowest BCUT2D eigenvalue weighted by Crippen LogP contribution is -2.76. The number of nitrogens with two attached hydrogens (primary N) is 2. The first-order valence-electron chi connectivity index (χ1n) is 22.6. The van der Waals surface area contributed by atoms with E-state index in [-0.39, 0.29) is 48.2 Å². The Bertz CT molecular complexity index is 2220. The molecule has 1 fully saturated rings. The molecular formula is C48H67N10O5+. The third-order valence-corrected chi connectivity index (χ3v) is 13.5. The molecule has 2 aromatic rings. The van der Waals surface area contributed by atoms with Crippen LogP contribution in [0.1, 0.15) is 96.6 Å². The number of ether oxygens (including phenoxy) is 1. The van der Waals surface area contributed by atoms with Gasteiger partial charge < -0.3 is 52.2 Å². The molecule has 15 nitrogen and oxygen atoms in total. The number of para-hydroxylation sites is 2. The van der Waals surface area contributed by atoms with Crippen LogP contribution in [0.25, 0.3) is 0 Å². The van der Waals surface area contributed by atoms with Crippen LogP contribution in [0.5, 0.6) is 0 Å². The maximum Gasteiger partial charge on any atom is 0.407 e. The van der Waals surface area contributed by atoms with Crippen molar-refractivity contribution in [2.75, 3.05) is 44.7 Å². The van der Waals surface area contributed by atoms with Gasteiger partial charge in [-0.2, -0.15) is 4.58 Å². The highest BCUT2D eigenvalue weighted by molar-refractivity contribution is 6.03. The molecule has 0 aromatic heterocycles. The second kappa shape index (κ2) is 18.6. The molecule has 5 heterocycles. The Hall–Kier alpha value is -5.67. The van der Waals surface area contributed by atoms with E-state index in [1.165, 1.54) is 33.9 Å². The van der Waals surface area contributed by atoms with Crippen LogP contribution in [0, 0.1) is 0 Å². The topological polar surface area (TPSA) is 206 Å². The third-order valence-electron chi connectivity index (χ3n) is 13.5. The smallest absolute Gasteiger partial charge is 0.407 e. The van der Waals surface area contributed by atoms with E-state index in [1.54, 1.807) is 4.90 Å². The summed E-state index contributed by atoms with van der Waals surface area (Å²) in [7, 11) is 2.14. The number of allylic oxidation sites excluding steroid dienone is 6. The van der Waals surface area contributed by atoms with Crippen LogP contribution in [-0.4, -0.2) is 113 Å².